The van der Waals surface area contributed by atoms with Gasteiger partial charge in [-0.3, -0.25) is 4.99 Å². The zero-order valence-corrected chi connectivity index (χ0v) is 10.9. The quantitative estimate of drug-likeness (QED) is 0.859. The van der Waals surface area contributed by atoms with E-state index in [1.807, 2.05) is 48.5 Å². The molecule has 2 heterocycles. The van der Waals surface area contributed by atoms with Crippen molar-refractivity contribution in [3.8, 4) is 0 Å². The number of hydrogen-bond acceptors (Lipinski definition) is 3. The number of carboxylic acids is 1. The molecule has 0 spiro atoms. The highest BCUT2D eigenvalue weighted by molar-refractivity contribution is 6.55. The minimum atomic E-state index is -1.01. The van der Waals surface area contributed by atoms with Crippen molar-refractivity contribution in [1.29, 1.82) is 0 Å². The summed E-state index contributed by atoms with van der Waals surface area (Å²) in [5, 5.41) is 11.2. The third-order valence-electron chi connectivity index (χ3n) is 3.63. The second-order valence-corrected chi connectivity index (χ2v) is 4.88. The van der Waals surface area contributed by atoms with Crippen molar-refractivity contribution in [2.24, 2.45) is 9.98 Å². The van der Waals surface area contributed by atoms with Gasteiger partial charge in [-0.2, -0.15) is 0 Å². The van der Waals surface area contributed by atoms with E-state index >= 15 is 0 Å². The Bertz CT molecular complexity index is 969. The molecule has 100 valence electrons. The molecule has 4 rings (SSSR count). The minimum Gasteiger partial charge on any atom is -0.476 e. The first kappa shape index (κ1) is 11.8. The van der Waals surface area contributed by atoms with Crippen molar-refractivity contribution >= 4 is 29.0 Å². The lowest BCUT2D eigenvalue weighted by atomic mass is 9.99. The van der Waals surface area contributed by atoms with Crippen LogP contribution in [-0.2, 0) is 4.79 Å². The molecular formula is C17H10N2O2. The summed E-state index contributed by atoms with van der Waals surface area (Å²) in [6.45, 7) is 0. The molecule has 0 aliphatic carbocycles. The number of carbonyl (C=O) groups is 1. The van der Waals surface area contributed by atoms with Crippen LogP contribution in [0.25, 0.3) is 11.6 Å². The fourth-order valence-corrected chi connectivity index (χ4v) is 2.69. The van der Waals surface area contributed by atoms with Gasteiger partial charge in [-0.05, 0) is 29.5 Å². The average molecular weight is 274 g/mol. The first-order chi connectivity index (χ1) is 10.2. The monoisotopic (exact) mass is 274 g/mol. The first-order valence-corrected chi connectivity index (χ1v) is 6.54. The molecule has 0 fully saturated rings. The molecule has 0 bridgehead atoms. The highest BCUT2D eigenvalue weighted by Gasteiger charge is 2.26. The molecule has 0 unspecified atom stereocenters. The predicted molar refractivity (Wildman–Crippen MR) is 79.9 cm³/mol. The number of fused-ring (bicyclic) bond motifs is 2. The van der Waals surface area contributed by atoms with Crippen molar-refractivity contribution in [3.05, 3.63) is 70.4 Å². The molecule has 2 aromatic rings. The first-order valence-electron chi connectivity index (χ1n) is 6.54. The molecule has 1 N–H and O–H groups in total. The molecule has 0 radical (unpaired) electrons. The number of aliphatic carboxylic acids is 1. The Labute approximate surface area is 120 Å². The van der Waals surface area contributed by atoms with Crippen molar-refractivity contribution in [2.45, 2.75) is 0 Å². The maximum atomic E-state index is 11.5. The molecule has 2 aliphatic heterocycles. The molecule has 0 atom stereocenters. The van der Waals surface area contributed by atoms with Crippen molar-refractivity contribution in [3.63, 3.8) is 0 Å². The lowest BCUT2D eigenvalue weighted by Crippen LogP contribution is -2.21. The van der Waals surface area contributed by atoms with Crippen LogP contribution in [-0.4, -0.2) is 16.8 Å². The topological polar surface area (TPSA) is 62.0 Å². The van der Waals surface area contributed by atoms with Crippen LogP contribution in [0.2, 0.25) is 0 Å². The van der Waals surface area contributed by atoms with E-state index < -0.39 is 5.97 Å². The lowest BCUT2D eigenvalue weighted by Gasteiger charge is -2.02. The number of carboxylic acid groups (broad SMARTS) is 1. The van der Waals surface area contributed by atoms with Crippen LogP contribution in [0.1, 0.15) is 11.1 Å². The summed E-state index contributed by atoms with van der Waals surface area (Å²) >= 11 is 0. The molecule has 2 aliphatic rings. The SMILES string of the molecule is O=C(O)C1=Nc2ccccc2C1=c1ccc2c(c1)C=CN=2. The zero-order valence-electron chi connectivity index (χ0n) is 10.9. The van der Waals surface area contributed by atoms with Gasteiger partial charge < -0.3 is 5.11 Å². The van der Waals surface area contributed by atoms with Gasteiger partial charge in [-0.1, -0.05) is 24.3 Å². The summed E-state index contributed by atoms with van der Waals surface area (Å²) in [5.41, 5.74) is 3.31. The standard InChI is InChI=1S/C17H10N2O2/c20-17(21)16-15(12-3-1-2-4-14(12)19-16)11-5-6-13-10(9-11)7-8-18-13/h1-9H,(H,20,21). The number of rotatable bonds is 1. The molecule has 21 heavy (non-hydrogen) atoms. The fraction of sp³-hybridized carbons (Fsp3) is 0. The van der Waals surface area contributed by atoms with Crippen molar-refractivity contribution in [1.82, 2.24) is 0 Å². The van der Waals surface area contributed by atoms with Crippen LogP contribution in [0.3, 0.4) is 0 Å². The summed E-state index contributed by atoms with van der Waals surface area (Å²) in [6, 6.07) is 13.2. The molecule has 0 aromatic heterocycles. The van der Waals surface area contributed by atoms with Gasteiger partial charge in [0.25, 0.3) is 0 Å². The third kappa shape index (κ3) is 1.73. The molecule has 4 heteroatoms. The Morgan fingerprint density at radius 3 is 2.81 bits per heavy atom. The minimum absolute atomic E-state index is 0.0927. The number of aliphatic imine (C=N–C) groups is 1. The van der Waals surface area contributed by atoms with Crippen LogP contribution in [0.4, 0.5) is 5.69 Å². The number of hydrogen-bond donors (Lipinski definition) is 1. The van der Waals surface area contributed by atoms with Gasteiger partial charge in [0.15, 0.2) is 5.71 Å². The van der Waals surface area contributed by atoms with Crippen molar-refractivity contribution < 1.29 is 9.90 Å². The van der Waals surface area contributed by atoms with E-state index in [0.29, 0.717) is 11.3 Å². The van der Waals surface area contributed by atoms with Gasteiger partial charge >= 0.3 is 5.97 Å². The molecule has 4 nitrogen and oxygen atoms in total. The van der Waals surface area contributed by atoms with Crippen LogP contribution in [0, 0.1) is 0 Å². The van der Waals surface area contributed by atoms with E-state index in [9.17, 15) is 9.90 Å². The number of para-hydroxylation sites is 1. The van der Waals surface area contributed by atoms with Gasteiger partial charge in [-0.15, -0.1) is 0 Å². The van der Waals surface area contributed by atoms with Gasteiger partial charge in [0, 0.05) is 22.9 Å². The van der Waals surface area contributed by atoms with E-state index in [-0.39, 0.29) is 5.71 Å². The molecular weight excluding hydrogens is 264 g/mol. The number of nitrogens with zero attached hydrogens (tertiary/aromatic N) is 2. The molecule has 0 saturated heterocycles. The van der Waals surface area contributed by atoms with Crippen LogP contribution < -0.4 is 10.6 Å². The highest BCUT2D eigenvalue weighted by atomic mass is 16.4. The van der Waals surface area contributed by atoms with Crippen LogP contribution in [0.15, 0.2) is 58.6 Å². The van der Waals surface area contributed by atoms with Gasteiger partial charge in [0.05, 0.1) is 11.0 Å². The lowest BCUT2D eigenvalue weighted by molar-refractivity contribution is -0.129. The fourth-order valence-electron chi connectivity index (χ4n) is 2.69. The summed E-state index contributed by atoms with van der Waals surface area (Å²) in [6.07, 6.45) is 3.66. The average Bonchev–Trinajstić information content (AvgIpc) is 3.10. The van der Waals surface area contributed by atoms with Gasteiger partial charge in [-0.25, -0.2) is 9.79 Å². The summed E-state index contributed by atoms with van der Waals surface area (Å²) in [7, 11) is 0. The maximum absolute atomic E-state index is 11.5. The van der Waals surface area contributed by atoms with Gasteiger partial charge in [0.1, 0.15) is 0 Å². The second kappa shape index (κ2) is 4.24. The van der Waals surface area contributed by atoms with E-state index in [2.05, 4.69) is 9.98 Å². The van der Waals surface area contributed by atoms with E-state index in [0.717, 1.165) is 21.7 Å². The summed E-state index contributed by atoms with van der Waals surface area (Å²) in [5.74, 6) is -1.01. The summed E-state index contributed by atoms with van der Waals surface area (Å²) in [4.78, 5) is 20.0. The largest absolute Gasteiger partial charge is 0.476 e. The molecule has 2 aromatic carbocycles. The van der Waals surface area contributed by atoms with Gasteiger partial charge in [0.2, 0.25) is 0 Å². The Morgan fingerprint density at radius 1 is 1.10 bits per heavy atom. The Morgan fingerprint density at radius 2 is 1.95 bits per heavy atom. The molecule has 0 saturated carbocycles. The van der Waals surface area contributed by atoms with E-state index in [1.165, 1.54) is 0 Å². The van der Waals surface area contributed by atoms with Crippen LogP contribution >= 0.6 is 0 Å². The third-order valence-corrected chi connectivity index (χ3v) is 3.63. The smallest absolute Gasteiger partial charge is 0.355 e. The normalized spacial score (nSPS) is 17.0. The van der Waals surface area contributed by atoms with Crippen LogP contribution in [0.5, 0.6) is 0 Å². The zero-order chi connectivity index (χ0) is 14.4. The van der Waals surface area contributed by atoms with Crippen molar-refractivity contribution in [2.75, 3.05) is 0 Å². The second-order valence-electron chi connectivity index (χ2n) is 4.88. The summed E-state index contributed by atoms with van der Waals surface area (Å²) < 4.78 is 0. The predicted octanol–water partition coefficient (Wildman–Crippen LogP) is 1.66. The Balaban J connectivity index is 2.08. The van der Waals surface area contributed by atoms with E-state index in [1.54, 1.807) is 6.20 Å². The highest BCUT2D eigenvalue weighted by Crippen LogP contribution is 2.32. The Kier molecular flexibility index (Phi) is 2.38. The number of benzene rings is 2. The molecule has 0 amide bonds. The Hall–Kier alpha value is -3.01. The van der Waals surface area contributed by atoms with E-state index in [4.69, 9.17) is 0 Å². The maximum Gasteiger partial charge on any atom is 0.355 e.